The summed E-state index contributed by atoms with van der Waals surface area (Å²) in [4.78, 5) is 17.4. The van der Waals surface area contributed by atoms with Crippen LogP contribution in [0.3, 0.4) is 0 Å². The fourth-order valence-corrected chi connectivity index (χ4v) is 2.17. The predicted octanol–water partition coefficient (Wildman–Crippen LogP) is 1.62. The lowest BCUT2D eigenvalue weighted by Crippen LogP contribution is -2.23. The summed E-state index contributed by atoms with van der Waals surface area (Å²) in [5.41, 5.74) is 1.13. The van der Waals surface area contributed by atoms with Gasteiger partial charge in [0.1, 0.15) is 0 Å². The highest BCUT2D eigenvalue weighted by atomic mass is 16.2. The molecule has 3 heteroatoms. The Morgan fingerprint density at radius 1 is 1.57 bits per heavy atom. The van der Waals surface area contributed by atoms with Crippen LogP contribution in [0.5, 0.6) is 0 Å². The standard InChI is InChI=1S/C11H14N2O/c1-8-6-10(14)13(2)11(8)9-4-3-5-12-7-9/h3-5,7-8,11H,6H2,1-2H3. The van der Waals surface area contributed by atoms with Crippen molar-refractivity contribution in [2.75, 3.05) is 7.05 Å². The van der Waals surface area contributed by atoms with Gasteiger partial charge in [-0.2, -0.15) is 0 Å². The number of nitrogens with zero attached hydrogens (tertiary/aromatic N) is 2. The van der Waals surface area contributed by atoms with Gasteiger partial charge in [0, 0.05) is 25.9 Å². The second kappa shape index (κ2) is 3.40. The smallest absolute Gasteiger partial charge is 0.223 e. The maximum atomic E-state index is 11.5. The molecule has 1 amide bonds. The van der Waals surface area contributed by atoms with E-state index in [4.69, 9.17) is 0 Å². The molecule has 0 bridgehead atoms. The van der Waals surface area contributed by atoms with Crippen LogP contribution in [0.25, 0.3) is 0 Å². The van der Waals surface area contributed by atoms with E-state index in [2.05, 4.69) is 11.9 Å². The van der Waals surface area contributed by atoms with Crippen molar-refractivity contribution in [1.29, 1.82) is 0 Å². The molecule has 0 radical (unpaired) electrons. The van der Waals surface area contributed by atoms with E-state index in [1.54, 1.807) is 6.20 Å². The summed E-state index contributed by atoms with van der Waals surface area (Å²) < 4.78 is 0. The Balaban J connectivity index is 2.31. The Hall–Kier alpha value is -1.38. The molecule has 0 saturated carbocycles. The van der Waals surface area contributed by atoms with E-state index in [1.807, 2.05) is 30.3 Å². The molecule has 0 aromatic carbocycles. The van der Waals surface area contributed by atoms with Gasteiger partial charge in [0.2, 0.25) is 5.91 Å². The van der Waals surface area contributed by atoms with E-state index in [0.717, 1.165) is 5.56 Å². The molecule has 0 aliphatic carbocycles. The zero-order valence-corrected chi connectivity index (χ0v) is 8.47. The fraction of sp³-hybridized carbons (Fsp3) is 0.455. The van der Waals surface area contributed by atoms with Gasteiger partial charge in [-0.15, -0.1) is 0 Å². The van der Waals surface area contributed by atoms with Gasteiger partial charge in [0.05, 0.1) is 6.04 Å². The first-order valence-electron chi connectivity index (χ1n) is 4.85. The normalized spacial score (nSPS) is 27.0. The molecule has 2 unspecified atom stereocenters. The molecule has 0 spiro atoms. The number of carbonyl (C=O) groups excluding carboxylic acids is 1. The summed E-state index contributed by atoms with van der Waals surface area (Å²) >= 11 is 0. The molecule has 1 aromatic rings. The number of aromatic nitrogens is 1. The third-order valence-electron chi connectivity index (χ3n) is 2.87. The number of hydrogen-bond acceptors (Lipinski definition) is 2. The highest BCUT2D eigenvalue weighted by molar-refractivity contribution is 5.79. The molecule has 2 rings (SSSR count). The maximum Gasteiger partial charge on any atom is 0.223 e. The van der Waals surface area contributed by atoms with Crippen LogP contribution in [-0.4, -0.2) is 22.8 Å². The number of hydrogen-bond donors (Lipinski definition) is 0. The van der Waals surface area contributed by atoms with Gasteiger partial charge in [-0.1, -0.05) is 13.0 Å². The van der Waals surface area contributed by atoms with Gasteiger partial charge in [-0.25, -0.2) is 0 Å². The van der Waals surface area contributed by atoms with E-state index < -0.39 is 0 Å². The molecule has 1 fully saturated rings. The largest absolute Gasteiger partial charge is 0.338 e. The van der Waals surface area contributed by atoms with Crippen LogP contribution in [0, 0.1) is 5.92 Å². The van der Waals surface area contributed by atoms with Crippen molar-refractivity contribution in [3.63, 3.8) is 0 Å². The van der Waals surface area contributed by atoms with Crippen molar-refractivity contribution in [3.05, 3.63) is 30.1 Å². The summed E-state index contributed by atoms with van der Waals surface area (Å²) in [6.07, 6.45) is 4.25. The molecule has 74 valence electrons. The third-order valence-corrected chi connectivity index (χ3v) is 2.87. The van der Waals surface area contributed by atoms with Crippen molar-refractivity contribution >= 4 is 5.91 Å². The molecule has 2 heterocycles. The van der Waals surface area contributed by atoms with Crippen LogP contribution in [-0.2, 0) is 4.79 Å². The molecular formula is C11H14N2O. The van der Waals surface area contributed by atoms with Crippen molar-refractivity contribution in [1.82, 2.24) is 9.88 Å². The Morgan fingerprint density at radius 3 is 2.86 bits per heavy atom. The molecule has 3 nitrogen and oxygen atoms in total. The van der Waals surface area contributed by atoms with E-state index in [9.17, 15) is 4.79 Å². The lowest BCUT2D eigenvalue weighted by Gasteiger charge is -2.22. The van der Waals surface area contributed by atoms with Gasteiger partial charge in [0.15, 0.2) is 0 Å². The topological polar surface area (TPSA) is 33.2 Å². The zero-order valence-electron chi connectivity index (χ0n) is 8.47. The monoisotopic (exact) mass is 190 g/mol. The predicted molar refractivity (Wildman–Crippen MR) is 53.5 cm³/mol. The van der Waals surface area contributed by atoms with Crippen molar-refractivity contribution in [3.8, 4) is 0 Å². The molecule has 0 N–H and O–H groups in total. The summed E-state index contributed by atoms with van der Waals surface area (Å²) in [5, 5.41) is 0. The van der Waals surface area contributed by atoms with Crippen LogP contribution in [0.2, 0.25) is 0 Å². The molecular weight excluding hydrogens is 176 g/mol. The Bertz CT molecular complexity index is 336. The quantitative estimate of drug-likeness (QED) is 0.674. The third kappa shape index (κ3) is 1.39. The molecule has 2 atom stereocenters. The van der Waals surface area contributed by atoms with Crippen molar-refractivity contribution in [2.45, 2.75) is 19.4 Å². The Kier molecular flexibility index (Phi) is 2.23. The van der Waals surface area contributed by atoms with Gasteiger partial charge in [-0.05, 0) is 17.5 Å². The lowest BCUT2D eigenvalue weighted by molar-refractivity contribution is -0.127. The average Bonchev–Trinajstić information content (AvgIpc) is 2.43. The first-order chi connectivity index (χ1) is 6.70. The van der Waals surface area contributed by atoms with Gasteiger partial charge < -0.3 is 4.90 Å². The van der Waals surface area contributed by atoms with Crippen molar-refractivity contribution < 1.29 is 4.79 Å². The lowest BCUT2D eigenvalue weighted by atomic mass is 9.97. The number of pyridine rings is 1. The van der Waals surface area contributed by atoms with Gasteiger partial charge >= 0.3 is 0 Å². The molecule has 14 heavy (non-hydrogen) atoms. The summed E-state index contributed by atoms with van der Waals surface area (Å²) in [7, 11) is 1.86. The summed E-state index contributed by atoms with van der Waals surface area (Å²) in [5.74, 6) is 0.614. The fourth-order valence-electron chi connectivity index (χ4n) is 2.17. The van der Waals surface area contributed by atoms with Crippen molar-refractivity contribution in [2.24, 2.45) is 5.92 Å². The minimum absolute atomic E-state index is 0.205. The highest BCUT2D eigenvalue weighted by Crippen LogP contribution is 2.35. The van der Waals surface area contributed by atoms with E-state index >= 15 is 0 Å². The molecule has 1 aliphatic heterocycles. The summed E-state index contributed by atoms with van der Waals surface area (Å²) in [6, 6.07) is 4.15. The van der Waals surface area contributed by atoms with Crippen LogP contribution in [0.15, 0.2) is 24.5 Å². The van der Waals surface area contributed by atoms with Gasteiger partial charge in [0.25, 0.3) is 0 Å². The average molecular weight is 190 g/mol. The number of rotatable bonds is 1. The second-order valence-corrected chi connectivity index (χ2v) is 3.92. The highest BCUT2D eigenvalue weighted by Gasteiger charge is 2.35. The molecule has 1 saturated heterocycles. The SMILES string of the molecule is CC1CC(=O)N(C)C1c1cccnc1. The minimum Gasteiger partial charge on any atom is -0.338 e. The first-order valence-corrected chi connectivity index (χ1v) is 4.85. The minimum atomic E-state index is 0.205. The first kappa shape index (κ1) is 9.19. The van der Waals surface area contributed by atoms with Crippen LogP contribution >= 0.6 is 0 Å². The number of carbonyl (C=O) groups is 1. The van der Waals surface area contributed by atoms with E-state index in [-0.39, 0.29) is 11.9 Å². The van der Waals surface area contributed by atoms with Gasteiger partial charge in [-0.3, -0.25) is 9.78 Å². The number of likely N-dealkylation sites (tertiary alicyclic amines) is 1. The Morgan fingerprint density at radius 2 is 2.36 bits per heavy atom. The molecule has 1 aliphatic rings. The summed E-state index contributed by atoms with van der Waals surface area (Å²) in [6.45, 7) is 2.11. The van der Waals surface area contributed by atoms with E-state index in [1.165, 1.54) is 0 Å². The maximum absolute atomic E-state index is 11.5. The number of amides is 1. The Labute approximate surface area is 83.8 Å². The van der Waals surface area contributed by atoms with Crippen LogP contribution in [0.4, 0.5) is 0 Å². The van der Waals surface area contributed by atoms with E-state index in [0.29, 0.717) is 12.3 Å². The molecule has 1 aromatic heterocycles. The second-order valence-electron chi connectivity index (χ2n) is 3.92. The van der Waals surface area contributed by atoms with Crippen LogP contribution in [0.1, 0.15) is 24.9 Å². The van der Waals surface area contributed by atoms with Crippen LogP contribution < -0.4 is 0 Å². The zero-order chi connectivity index (χ0) is 10.1.